The quantitative estimate of drug-likeness (QED) is 0.177. The van der Waals surface area contributed by atoms with Gasteiger partial charge in [0.05, 0.1) is 37.1 Å². The van der Waals surface area contributed by atoms with Crippen molar-refractivity contribution in [3.05, 3.63) is 47.7 Å². The Morgan fingerprint density at radius 1 is 1.10 bits per heavy atom. The van der Waals surface area contributed by atoms with Crippen LogP contribution in [0.1, 0.15) is 18.9 Å². The molecule has 1 saturated carbocycles. The summed E-state index contributed by atoms with van der Waals surface area (Å²) < 4.78 is 27.2. The monoisotopic (exact) mass is 552 g/mol. The molecule has 0 spiro atoms. The predicted molar refractivity (Wildman–Crippen MR) is 129 cm³/mol. The van der Waals surface area contributed by atoms with E-state index in [1.165, 1.54) is 25.1 Å². The van der Waals surface area contributed by atoms with Gasteiger partial charge in [0.2, 0.25) is 6.29 Å². The number of benzene rings is 1. The Balaban J connectivity index is 1.57. The first kappa shape index (κ1) is 29.0. The summed E-state index contributed by atoms with van der Waals surface area (Å²) in [5, 5.41) is 60.7. The number of aromatic hydroxyl groups is 1. The lowest BCUT2D eigenvalue weighted by molar-refractivity contribution is -0.346. The first-order valence-electron chi connectivity index (χ1n) is 12.3. The van der Waals surface area contributed by atoms with E-state index in [0.29, 0.717) is 5.56 Å². The number of ether oxygens (including phenoxy) is 5. The largest absolute Gasteiger partial charge is 0.508 e. The lowest BCUT2D eigenvalue weighted by Gasteiger charge is -2.44. The van der Waals surface area contributed by atoms with Crippen molar-refractivity contribution in [2.75, 3.05) is 13.7 Å². The number of fused-ring (bicyclic) bond motifs is 1. The maximum atomic E-state index is 12.7. The second kappa shape index (κ2) is 11.6. The number of hydrogen-bond acceptors (Lipinski definition) is 13. The Morgan fingerprint density at radius 3 is 2.44 bits per heavy atom. The molecule has 13 heteroatoms. The van der Waals surface area contributed by atoms with Crippen LogP contribution in [0.25, 0.3) is 6.08 Å². The Labute approximate surface area is 223 Å². The summed E-state index contributed by atoms with van der Waals surface area (Å²) in [6.45, 7) is 0.764. The predicted octanol–water partition coefficient (Wildman–Crippen LogP) is -1.07. The molecule has 2 heterocycles. The molecule has 2 fully saturated rings. The van der Waals surface area contributed by atoms with E-state index in [9.17, 15) is 40.2 Å². The van der Waals surface area contributed by atoms with E-state index in [4.69, 9.17) is 23.7 Å². The van der Waals surface area contributed by atoms with Gasteiger partial charge in [0.15, 0.2) is 6.29 Å². The molecule has 0 aromatic heterocycles. The van der Waals surface area contributed by atoms with Crippen molar-refractivity contribution in [3.63, 3.8) is 0 Å². The average Bonchev–Trinajstić information content (AvgIpc) is 3.18. The number of hydrogen-bond donors (Lipinski definition) is 6. The van der Waals surface area contributed by atoms with Gasteiger partial charge in [-0.2, -0.15) is 0 Å². The van der Waals surface area contributed by atoms with E-state index in [2.05, 4.69) is 0 Å². The molecule has 1 aromatic rings. The number of carbonyl (C=O) groups excluding carboxylic acids is 2. The third-order valence-corrected chi connectivity index (χ3v) is 7.21. The van der Waals surface area contributed by atoms with E-state index in [0.717, 1.165) is 19.4 Å². The molecule has 13 nitrogen and oxygen atoms in total. The topological polar surface area (TPSA) is 202 Å². The summed E-state index contributed by atoms with van der Waals surface area (Å²) >= 11 is 0. The molecule has 1 aliphatic carbocycles. The molecule has 9 unspecified atom stereocenters. The number of methoxy groups -OCH3 is 1. The molecule has 214 valence electrons. The molecule has 1 aromatic carbocycles. The van der Waals surface area contributed by atoms with Crippen LogP contribution in [-0.4, -0.2) is 105 Å². The summed E-state index contributed by atoms with van der Waals surface area (Å²) in [6.07, 6.45) is -6.69. The van der Waals surface area contributed by atoms with Crippen molar-refractivity contribution in [1.29, 1.82) is 0 Å². The summed E-state index contributed by atoms with van der Waals surface area (Å²) in [4.78, 5) is 25.3. The number of esters is 2. The zero-order valence-corrected chi connectivity index (χ0v) is 21.2. The normalized spacial score (nSPS) is 38.0. The zero-order valence-electron chi connectivity index (χ0n) is 21.2. The van der Waals surface area contributed by atoms with Crippen LogP contribution in [0.15, 0.2) is 42.2 Å². The van der Waals surface area contributed by atoms with Crippen molar-refractivity contribution < 1.29 is 63.9 Å². The SMILES string of the molecule is COC(=O)C1=COC(OC2OC(CO)C(O)C(O)C2O)C2C1C(OC(=O)C=Cc1ccc(O)cc1)C[C@]2(C)O. The fourth-order valence-electron chi connectivity index (χ4n) is 5.23. The highest BCUT2D eigenvalue weighted by molar-refractivity contribution is 5.90. The van der Waals surface area contributed by atoms with Gasteiger partial charge < -0.3 is 54.3 Å². The molecule has 0 amide bonds. The van der Waals surface area contributed by atoms with Gasteiger partial charge in [-0.3, -0.25) is 0 Å². The number of aliphatic hydroxyl groups is 5. The number of carbonyl (C=O) groups is 2. The number of aliphatic hydroxyl groups excluding tert-OH is 4. The van der Waals surface area contributed by atoms with E-state index >= 15 is 0 Å². The zero-order chi connectivity index (χ0) is 28.5. The van der Waals surface area contributed by atoms with Crippen molar-refractivity contribution in [2.45, 2.75) is 62.0 Å². The fraction of sp³-hybridized carbons (Fsp3) is 0.538. The van der Waals surface area contributed by atoms with Crippen molar-refractivity contribution in [3.8, 4) is 5.75 Å². The Morgan fingerprint density at radius 2 is 1.79 bits per heavy atom. The van der Waals surface area contributed by atoms with Gasteiger partial charge in [-0.05, 0) is 30.7 Å². The van der Waals surface area contributed by atoms with Gasteiger partial charge in [0.25, 0.3) is 0 Å². The van der Waals surface area contributed by atoms with E-state index in [1.807, 2.05) is 0 Å². The number of phenols is 1. The van der Waals surface area contributed by atoms with E-state index < -0.39 is 79.1 Å². The van der Waals surface area contributed by atoms with Crippen LogP contribution in [0.4, 0.5) is 0 Å². The molecule has 4 rings (SSSR count). The Bertz CT molecular complexity index is 1100. The average molecular weight is 553 g/mol. The second-order valence-corrected chi connectivity index (χ2v) is 9.92. The Kier molecular flexibility index (Phi) is 8.61. The summed E-state index contributed by atoms with van der Waals surface area (Å²) in [6, 6.07) is 6.09. The van der Waals surface area contributed by atoms with Crippen LogP contribution in [-0.2, 0) is 33.3 Å². The van der Waals surface area contributed by atoms with Crippen LogP contribution < -0.4 is 0 Å². The lowest BCUT2D eigenvalue weighted by Crippen LogP contribution is -2.60. The fourth-order valence-corrected chi connectivity index (χ4v) is 5.23. The first-order valence-corrected chi connectivity index (χ1v) is 12.3. The third kappa shape index (κ3) is 5.94. The summed E-state index contributed by atoms with van der Waals surface area (Å²) in [5.74, 6) is -3.47. The minimum absolute atomic E-state index is 0.0192. The lowest BCUT2D eigenvalue weighted by atomic mass is 9.80. The molecule has 2 aliphatic heterocycles. The van der Waals surface area contributed by atoms with Gasteiger partial charge in [-0.25, -0.2) is 9.59 Å². The second-order valence-electron chi connectivity index (χ2n) is 9.92. The van der Waals surface area contributed by atoms with Crippen molar-refractivity contribution in [1.82, 2.24) is 0 Å². The van der Waals surface area contributed by atoms with Gasteiger partial charge in [0.1, 0.15) is 36.3 Å². The highest BCUT2D eigenvalue weighted by Gasteiger charge is 2.61. The van der Waals surface area contributed by atoms with E-state index in [-0.39, 0.29) is 17.7 Å². The molecule has 6 N–H and O–H groups in total. The molecule has 39 heavy (non-hydrogen) atoms. The van der Waals surface area contributed by atoms with Gasteiger partial charge >= 0.3 is 11.9 Å². The molecule has 0 bridgehead atoms. The number of phenolic OH excluding ortho intramolecular Hbond substituents is 1. The van der Waals surface area contributed by atoms with Gasteiger partial charge in [-0.15, -0.1) is 0 Å². The number of rotatable bonds is 7. The third-order valence-electron chi connectivity index (χ3n) is 7.21. The molecule has 1 saturated heterocycles. The van der Waals surface area contributed by atoms with Crippen molar-refractivity contribution >= 4 is 18.0 Å². The molecule has 0 radical (unpaired) electrons. The first-order chi connectivity index (χ1) is 18.5. The minimum Gasteiger partial charge on any atom is -0.508 e. The summed E-state index contributed by atoms with van der Waals surface area (Å²) in [7, 11) is 1.16. The van der Waals surface area contributed by atoms with E-state index in [1.54, 1.807) is 12.1 Å². The van der Waals surface area contributed by atoms with Crippen LogP contribution in [0.2, 0.25) is 0 Å². The smallest absolute Gasteiger partial charge is 0.337 e. The van der Waals surface area contributed by atoms with Crippen LogP contribution in [0.5, 0.6) is 5.75 Å². The highest BCUT2D eigenvalue weighted by Crippen LogP contribution is 2.51. The standard InChI is InChI=1S/C26H32O13/c1-26(34)9-15(37-17(29)8-5-12-3-6-13(28)7-4-12)18-14(23(33)35-2)11-36-24(19(18)26)39-25-22(32)21(31)20(30)16(10-27)38-25/h3-8,11,15-16,18-22,24-25,27-28,30-32,34H,9-10H2,1-2H3/t15?,16?,18?,19?,20?,21?,22?,24?,25?,26-/m0/s1. The Hall–Kier alpha value is -3.04. The van der Waals surface area contributed by atoms with Gasteiger partial charge in [0, 0.05) is 18.4 Å². The van der Waals surface area contributed by atoms with Crippen molar-refractivity contribution in [2.24, 2.45) is 11.8 Å². The van der Waals surface area contributed by atoms with Crippen LogP contribution >= 0.6 is 0 Å². The minimum atomic E-state index is -1.74. The molecular weight excluding hydrogens is 520 g/mol. The maximum absolute atomic E-state index is 12.7. The highest BCUT2D eigenvalue weighted by atomic mass is 16.8. The maximum Gasteiger partial charge on any atom is 0.337 e. The molecular formula is C26H32O13. The molecule has 3 aliphatic rings. The molecule has 10 atom stereocenters. The van der Waals surface area contributed by atoms with Crippen LogP contribution in [0, 0.1) is 11.8 Å². The summed E-state index contributed by atoms with van der Waals surface area (Å²) in [5.41, 5.74) is -1.02. The van der Waals surface area contributed by atoms with Crippen LogP contribution in [0.3, 0.4) is 0 Å². The van der Waals surface area contributed by atoms with Gasteiger partial charge in [-0.1, -0.05) is 12.1 Å².